The lowest BCUT2D eigenvalue weighted by Gasteiger charge is -2.36. The van der Waals surface area contributed by atoms with Crippen molar-refractivity contribution in [2.45, 2.75) is 38.3 Å². The van der Waals surface area contributed by atoms with Crippen molar-refractivity contribution in [1.82, 2.24) is 15.1 Å². The Balaban J connectivity index is 1.35. The third kappa shape index (κ3) is 3.30. The fourth-order valence-electron chi connectivity index (χ4n) is 3.89. The highest BCUT2D eigenvalue weighted by Crippen LogP contribution is 2.34. The summed E-state index contributed by atoms with van der Waals surface area (Å²) in [6, 6.07) is 4.83. The van der Waals surface area contributed by atoms with Crippen LogP contribution in [0.3, 0.4) is 0 Å². The topological polar surface area (TPSA) is 35.6 Å². The molecular formula is C17H25N3OS. The molecule has 4 fully saturated rings. The summed E-state index contributed by atoms with van der Waals surface area (Å²) in [6.07, 6.45) is 5.39. The van der Waals surface area contributed by atoms with Gasteiger partial charge in [-0.1, -0.05) is 6.07 Å². The summed E-state index contributed by atoms with van der Waals surface area (Å²) < 4.78 is 0. The number of fused-ring (bicyclic) bond motifs is 4. The first-order chi connectivity index (χ1) is 10.8. The monoisotopic (exact) mass is 319 g/mol. The van der Waals surface area contributed by atoms with E-state index >= 15 is 0 Å². The molecule has 3 saturated heterocycles. The molecule has 4 nitrogen and oxygen atoms in total. The number of hydrogen-bond donors (Lipinski definition) is 1. The van der Waals surface area contributed by atoms with E-state index in [0.717, 1.165) is 19.0 Å². The van der Waals surface area contributed by atoms with Crippen LogP contribution in [-0.4, -0.2) is 48.1 Å². The van der Waals surface area contributed by atoms with E-state index in [-0.39, 0.29) is 6.03 Å². The molecule has 1 saturated carbocycles. The molecule has 1 aliphatic carbocycles. The molecule has 4 aliphatic rings. The number of amides is 2. The van der Waals surface area contributed by atoms with Crippen molar-refractivity contribution in [3.63, 3.8) is 0 Å². The standard InChI is InChI=1S/C17H25N3OS/c21-17(18-8-16-2-1-7-22-16)20-11-14-5-6-15(12-20)19(10-14)9-13-3-4-13/h1-2,7,13-15H,3-6,8-12H2,(H,18,21)/t14-,15-/m1/s1. The van der Waals surface area contributed by atoms with Gasteiger partial charge in [0.15, 0.2) is 0 Å². The highest BCUT2D eigenvalue weighted by atomic mass is 32.1. The molecule has 0 radical (unpaired) electrons. The summed E-state index contributed by atoms with van der Waals surface area (Å²) >= 11 is 1.70. The summed E-state index contributed by atoms with van der Waals surface area (Å²) in [5.41, 5.74) is 0. The second-order valence-electron chi connectivity index (χ2n) is 7.14. The van der Waals surface area contributed by atoms with Gasteiger partial charge in [-0.3, -0.25) is 4.90 Å². The number of urea groups is 1. The molecule has 5 heteroatoms. The number of thiophene rings is 1. The Labute approximate surface area is 136 Å². The van der Waals surface area contributed by atoms with E-state index in [1.165, 1.54) is 43.6 Å². The molecule has 3 aliphatic heterocycles. The van der Waals surface area contributed by atoms with Gasteiger partial charge in [0.25, 0.3) is 0 Å². The number of carbonyl (C=O) groups excluding carboxylic acids is 1. The Morgan fingerprint density at radius 3 is 2.91 bits per heavy atom. The van der Waals surface area contributed by atoms with Crippen LogP contribution < -0.4 is 5.32 Å². The smallest absolute Gasteiger partial charge is 0.317 e. The van der Waals surface area contributed by atoms with Crippen LogP contribution in [0.4, 0.5) is 4.79 Å². The van der Waals surface area contributed by atoms with E-state index in [0.29, 0.717) is 18.5 Å². The van der Waals surface area contributed by atoms with Crippen LogP contribution in [0.15, 0.2) is 17.5 Å². The van der Waals surface area contributed by atoms with E-state index in [1.54, 1.807) is 11.3 Å². The molecule has 4 heterocycles. The summed E-state index contributed by atoms with van der Waals surface area (Å²) in [7, 11) is 0. The minimum atomic E-state index is 0.124. The van der Waals surface area contributed by atoms with Crippen molar-refractivity contribution in [3.05, 3.63) is 22.4 Å². The Kier molecular flexibility index (Phi) is 4.09. The highest BCUT2D eigenvalue weighted by Gasteiger charge is 2.38. The second-order valence-corrected chi connectivity index (χ2v) is 8.17. The summed E-state index contributed by atoms with van der Waals surface area (Å²) in [6.45, 7) is 4.99. The number of carbonyl (C=O) groups is 1. The normalized spacial score (nSPS) is 28.6. The van der Waals surface area contributed by atoms with Gasteiger partial charge in [-0.2, -0.15) is 0 Å². The molecule has 2 atom stereocenters. The molecule has 1 N–H and O–H groups in total. The van der Waals surface area contributed by atoms with Crippen molar-refractivity contribution >= 4 is 17.4 Å². The predicted octanol–water partition coefficient (Wildman–Crippen LogP) is 2.76. The molecule has 0 aromatic carbocycles. The Morgan fingerprint density at radius 2 is 2.14 bits per heavy atom. The minimum Gasteiger partial charge on any atom is -0.333 e. The largest absolute Gasteiger partial charge is 0.333 e. The van der Waals surface area contributed by atoms with Crippen molar-refractivity contribution in [2.24, 2.45) is 11.8 Å². The van der Waals surface area contributed by atoms with Crippen LogP contribution in [-0.2, 0) is 6.54 Å². The van der Waals surface area contributed by atoms with E-state index in [4.69, 9.17) is 0 Å². The van der Waals surface area contributed by atoms with Gasteiger partial charge in [-0.05, 0) is 49.0 Å². The molecule has 5 rings (SSSR count). The quantitative estimate of drug-likeness (QED) is 0.926. The average molecular weight is 319 g/mol. The van der Waals surface area contributed by atoms with Crippen LogP contribution in [0.1, 0.15) is 30.6 Å². The van der Waals surface area contributed by atoms with E-state index in [9.17, 15) is 4.79 Å². The van der Waals surface area contributed by atoms with E-state index in [1.807, 2.05) is 6.07 Å². The number of piperidine rings is 1. The lowest BCUT2D eigenvalue weighted by Crippen LogP contribution is -2.46. The first-order valence-corrected chi connectivity index (χ1v) is 9.45. The molecule has 2 amide bonds. The molecule has 2 bridgehead atoms. The fraction of sp³-hybridized carbons (Fsp3) is 0.706. The molecule has 0 spiro atoms. The zero-order valence-electron chi connectivity index (χ0n) is 13.0. The first kappa shape index (κ1) is 14.5. The number of nitrogens with one attached hydrogen (secondary N) is 1. The van der Waals surface area contributed by atoms with E-state index in [2.05, 4.69) is 26.6 Å². The van der Waals surface area contributed by atoms with Crippen LogP contribution >= 0.6 is 11.3 Å². The lowest BCUT2D eigenvalue weighted by atomic mass is 9.95. The molecule has 120 valence electrons. The third-order valence-electron chi connectivity index (χ3n) is 5.30. The van der Waals surface area contributed by atoms with Crippen LogP contribution in [0.5, 0.6) is 0 Å². The Morgan fingerprint density at radius 1 is 1.23 bits per heavy atom. The zero-order chi connectivity index (χ0) is 14.9. The van der Waals surface area contributed by atoms with E-state index < -0.39 is 0 Å². The average Bonchev–Trinajstić information content (AvgIpc) is 3.26. The van der Waals surface area contributed by atoms with Gasteiger partial charge in [0.05, 0.1) is 6.54 Å². The number of nitrogens with zero attached hydrogens (tertiary/aromatic N) is 2. The maximum absolute atomic E-state index is 12.5. The van der Waals surface area contributed by atoms with Gasteiger partial charge in [0.1, 0.15) is 0 Å². The maximum Gasteiger partial charge on any atom is 0.317 e. The van der Waals surface area contributed by atoms with Gasteiger partial charge < -0.3 is 10.2 Å². The predicted molar refractivity (Wildman–Crippen MR) is 88.9 cm³/mol. The second kappa shape index (κ2) is 6.20. The number of rotatable bonds is 4. The Hall–Kier alpha value is -1.07. The van der Waals surface area contributed by atoms with Crippen LogP contribution in [0, 0.1) is 11.8 Å². The number of hydrogen-bond acceptors (Lipinski definition) is 3. The van der Waals surface area contributed by atoms with Gasteiger partial charge in [-0.25, -0.2) is 4.79 Å². The highest BCUT2D eigenvalue weighted by molar-refractivity contribution is 7.09. The fourth-order valence-corrected chi connectivity index (χ4v) is 4.53. The molecular weight excluding hydrogens is 294 g/mol. The summed E-state index contributed by atoms with van der Waals surface area (Å²) in [5.74, 6) is 1.62. The third-order valence-corrected chi connectivity index (χ3v) is 6.17. The van der Waals surface area contributed by atoms with Crippen molar-refractivity contribution in [3.8, 4) is 0 Å². The SMILES string of the molecule is O=C(NCc1cccs1)N1C[C@@H]2CC[C@H](C1)N(CC1CC1)C2. The molecule has 1 aromatic rings. The summed E-state index contributed by atoms with van der Waals surface area (Å²) in [4.78, 5) is 18.5. The van der Waals surface area contributed by atoms with Crippen LogP contribution in [0.2, 0.25) is 0 Å². The maximum atomic E-state index is 12.5. The summed E-state index contributed by atoms with van der Waals surface area (Å²) in [5, 5.41) is 5.16. The lowest BCUT2D eigenvalue weighted by molar-refractivity contribution is 0.126. The van der Waals surface area contributed by atoms with Crippen molar-refractivity contribution in [2.75, 3.05) is 26.2 Å². The van der Waals surface area contributed by atoms with Crippen molar-refractivity contribution < 1.29 is 4.79 Å². The van der Waals surface area contributed by atoms with Crippen LogP contribution in [0.25, 0.3) is 0 Å². The van der Waals surface area contributed by atoms with Crippen molar-refractivity contribution in [1.29, 1.82) is 0 Å². The molecule has 0 unspecified atom stereocenters. The van der Waals surface area contributed by atoms with Gasteiger partial charge in [0, 0.05) is 37.1 Å². The molecule has 1 aromatic heterocycles. The first-order valence-electron chi connectivity index (χ1n) is 8.57. The van der Waals surface area contributed by atoms with Gasteiger partial charge >= 0.3 is 6.03 Å². The van der Waals surface area contributed by atoms with Gasteiger partial charge in [0.2, 0.25) is 0 Å². The zero-order valence-corrected chi connectivity index (χ0v) is 13.9. The Bertz CT molecular complexity index is 514. The minimum absolute atomic E-state index is 0.124. The van der Waals surface area contributed by atoms with Gasteiger partial charge in [-0.15, -0.1) is 11.3 Å². The molecule has 22 heavy (non-hydrogen) atoms.